The first-order valence-corrected chi connectivity index (χ1v) is 8.12. The first kappa shape index (κ1) is 14.7. The summed E-state index contributed by atoms with van der Waals surface area (Å²) in [4.78, 5) is 11.3. The van der Waals surface area contributed by atoms with Gasteiger partial charge in [0, 0.05) is 24.4 Å². The van der Waals surface area contributed by atoms with Gasteiger partial charge >= 0.3 is 0 Å². The lowest BCUT2D eigenvalue weighted by atomic mass is 10.2. The van der Waals surface area contributed by atoms with E-state index in [0.29, 0.717) is 6.54 Å². The van der Waals surface area contributed by atoms with Crippen molar-refractivity contribution in [3.63, 3.8) is 0 Å². The lowest BCUT2D eigenvalue weighted by molar-refractivity contribution is -0.122. The second-order valence-corrected chi connectivity index (χ2v) is 6.37. The van der Waals surface area contributed by atoms with Gasteiger partial charge in [0.05, 0.1) is 0 Å². The van der Waals surface area contributed by atoms with Gasteiger partial charge in [-0.2, -0.15) is 0 Å². The maximum atomic E-state index is 11.7. The van der Waals surface area contributed by atoms with Crippen LogP contribution in [-0.4, -0.2) is 27.4 Å². The summed E-state index contributed by atoms with van der Waals surface area (Å²) in [5.74, 6) is 0.161. The molecule has 0 heterocycles. The molecule has 0 atom stereocenters. The van der Waals surface area contributed by atoms with Crippen LogP contribution in [0.2, 0.25) is 0 Å². The number of amides is 1. The first-order chi connectivity index (χ1) is 9.57. The van der Waals surface area contributed by atoms with Crippen molar-refractivity contribution < 1.29 is 13.2 Å². The summed E-state index contributed by atoms with van der Waals surface area (Å²) in [6.45, 7) is 0.508. The number of nitrogens with one attached hydrogen (secondary N) is 2. The van der Waals surface area contributed by atoms with Crippen molar-refractivity contribution in [1.82, 2.24) is 10.0 Å². The second-order valence-electron chi connectivity index (χ2n) is 4.72. The molecule has 1 fully saturated rings. The Morgan fingerprint density at radius 2 is 1.90 bits per heavy atom. The van der Waals surface area contributed by atoms with E-state index in [1.807, 2.05) is 30.3 Å². The van der Waals surface area contributed by atoms with Crippen molar-refractivity contribution in [3.05, 3.63) is 41.3 Å². The van der Waals surface area contributed by atoms with Crippen molar-refractivity contribution in [2.75, 3.05) is 13.1 Å². The van der Waals surface area contributed by atoms with Gasteiger partial charge in [0.2, 0.25) is 15.9 Å². The molecule has 6 heteroatoms. The predicted octanol–water partition coefficient (Wildman–Crippen LogP) is 1.10. The van der Waals surface area contributed by atoms with Gasteiger partial charge in [-0.3, -0.25) is 4.79 Å². The number of carbonyl (C=O) groups excluding carboxylic acids is 1. The molecular formula is C14H18N2O3S. The minimum Gasteiger partial charge on any atom is -0.355 e. The van der Waals surface area contributed by atoms with Crippen LogP contribution in [0.5, 0.6) is 0 Å². The largest absolute Gasteiger partial charge is 0.355 e. The van der Waals surface area contributed by atoms with Gasteiger partial charge in [0.25, 0.3) is 0 Å². The van der Waals surface area contributed by atoms with Crippen LogP contribution in [0.15, 0.2) is 35.7 Å². The third kappa shape index (κ3) is 5.14. The molecule has 2 N–H and O–H groups in total. The van der Waals surface area contributed by atoms with Crippen LogP contribution < -0.4 is 10.0 Å². The van der Waals surface area contributed by atoms with Crippen LogP contribution in [0.1, 0.15) is 18.4 Å². The van der Waals surface area contributed by atoms with E-state index >= 15 is 0 Å². The predicted molar refractivity (Wildman–Crippen MR) is 78.1 cm³/mol. The molecule has 0 aliphatic heterocycles. The third-order valence-electron chi connectivity index (χ3n) is 2.91. The first-order valence-electron chi connectivity index (χ1n) is 6.57. The summed E-state index contributed by atoms with van der Waals surface area (Å²) in [7, 11) is -3.46. The molecule has 108 valence electrons. The molecule has 0 radical (unpaired) electrons. The summed E-state index contributed by atoms with van der Waals surface area (Å²) in [6.07, 6.45) is 3.42. The summed E-state index contributed by atoms with van der Waals surface area (Å²) in [6, 6.07) is 9.19. The van der Waals surface area contributed by atoms with E-state index in [1.165, 1.54) is 6.08 Å². The SMILES string of the molecule is O=C(NCCNS(=O)(=O)/C=C/c1ccccc1)C1CC1. The highest BCUT2D eigenvalue weighted by Gasteiger charge is 2.28. The maximum Gasteiger partial charge on any atom is 0.233 e. The maximum absolute atomic E-state index is 11.7. The highest BCUT2D eigenvalue weighted by atomic mass is 32.2. The zero-order valence-electron chi connectivity index (χ0n) is 11.1. The quantitative estimate of drug-likeness (QED) is 0.740. The minimum atomic E-state index is -3.46. The molecule has 1 aliphatic carbocycles. The van der Waals surface area contributed by atoms with Crippen LogP contribution in [0, 0.1) is 5.92 Å². The van der Waals surface area contributed by atoms with Crippen LogP contribution in [0.4, 0.5) is 0 Å². The Labute approximate surface area is 119 Å². The number of hydrogen-bond acceptors (Lipinski definition) is 3. The molecule has 1 saturated carbocycles. The Hall–Kier alpha value is -1.66. The van der Waals surface area contributed by atoms with Crippen LogP contribution in [0.25, 0.3) is 6.08 Å². The Bertz CT molecular complexity index is 578. The fraction of sp³-hybridized carbons (Fsp3) is 0.357. The third-order valence-corrected chi connectivity index (χ3v) is 4.02. The smallest absolute Gasteiger partial charge is 0.233 e. The molecule has 0 bridgehead atoms. The Morgan fingerprint density at radius 3 is 2.55 bits per heavy atom. The lowest BCUT2D eigenvalue weighted by Gasteiger charge is -2.05. The molecule has 1 amide bonds. The number of rotatable bonds is 7. The van der Waals surface area contributed by atoms with Crippen LogP contribution in [-0.2, 0) is 14.8 Å². The standard InChI is InChI=1S/C14H18N2O3S/c17-14(13-6-7-13)15-9-10-16-20(18,19)11-8-12-4-2-1-3-5-12/h1-5,8,11,13,16H,6-7,9-10H2,(H,15,17)/b11-8+. The van der Waals surface area contributed by atoms with E-state index in [9.17, 15) is 13.2 Å². The van der Waals surface area contributed by atoms with Gasteiger partial charge in [-0.05, 0) is 24.5 Å². The summed E-state index contributed by atoms with van der Waals surface area (Å²) >= 11 is 0. The van der Waals surface area contributed by atoms with Gasteiger partial charge in [-0.1, -0.05) is 30.3 Å². The Kier molecular flexibility index (Phi) is 4.92. The number of carbonyl (C=O) groups is 1. The highest BCUT2D eigenvalue weighted by Crippen LogP contribution is 2.28. The normalized spacial score (nSPS) is 15.4. The van der Waals surface area contributed by atoms with Gasteiger partial charge in [0.1, 0.15) is 0 Å². The topological polar surface area (TPSA) is 75.3 Å². The zero-order valence-corrected chi connectivity index (χ0v) is 11.9. The molecule has 1 aromatic carbocycles. The molecule has 1 aromatic rings. The van der Waals surface area contributed by atoms with Gasteiger partial charge in [-0.25, -0.2) is 13.1 Å². The van der Waals surface area contributed by atoms with Gasteiger partial charge < -0.3 is 5.32 Å². The molecule has 2 rings (SSSR count). The molecular weight excluding hydrogens is 276 g/mol. The number of sulfonamides is 1. The van der Waals surface area contributed by atoms with Crippen LogP contribution in [0.3, 0.4) is 0 Å². The van der Waals surface area contributed by atoms with E-state index in [4.69, 9.17) is 0 Å². The zero-order chi connectivity index (χ0) is 14.4. The molecule has 0 aromatic heterocycles. The van der Waals surface area contributed by atoms with Crippen molar-refractivity contribution in [1.29, 1.82) is 0 Å². The van der Waals surface area contributed by atoms with E-state index in [-0.39, 0.29) is 18.4 Å². The number of hydrogen-bond donors (Lipinski definition) is 2. The van der Waals surface area contributed by atoms with Gasteiger partial charge in [0.15, 0.2) is 0 Å². The van der Waals surface area contributed by atoms with Crippen molar-refractivity contribution in [2.45, 2.75) is 12.8 Å². The van der Waals surface area contributed by atoms with Gasteiger partial charge in [-0.15, -0.1) is 0 Å². The molecule has 20 heavy (non-hydrogen) atoms. The summed E-state index contributed by atoms with van der Waals surface area (Å²) in [5.41, 5.74) is 0.819. The van der Waals surface area contributed by atoms with Crippen molar-refractivity contribution >= 4 is 22.0 Å². The number of benzene rings is 1. The second kappa shape index (κ2) is 6.67. The molecule has 0 saturated heterocycles. The molecule has 5 nitrogen and oxygen atoms in total. The Balaban J connectivity index is 1.73. The average Bonchev–Trinajstić information content (AvgIpc) is 3.27. The molecule has 0 unspecified atom stereocenters. The summed E-state index contributed by atoms with van der Waals surface area (Å²) in [5, 5.41) is 3.83. The average molecular weight is 294 g/mol. The fourth-order valence-electron chi connectivity index (χ4n) is 1.65. The fourth-order valence-corrected chi connectivity index (χ4v) is 2.47. The Morgan fingerprint density at radius 1 is 1.20 bits per heavy atom. The lowest BCUT2D eigenvalue weighted by Crippen LogP contribution is -2.34. The van der Waals surface area contributed by atoms with E-state index in [0.717, 1.165) is 23.8 Å². The van der Waals surface area contributed by atoms with Crippen molar-refractivity contribution in [2.24, 2.45) is 5.92 Å². The van der Waals surface area contributed by atoms with E-state index in [1.54, 1.807) is 0 Å². The monoisotopic (exact) mass is 294 g/mol. The minimum absolute atomic E-state index is 0.0176. The van der Waals surface area contributed by atoms with Crippen LogP contribution >= 0.6 is 0 Å². The van der Waals surface area contributed by atoms with E-state index in [2.05, 4.69) is 10.0 Å². The summed E-state index contributed by atoms with van der Waals surface area (Å²) < 4.78 is 25.8. The van der Waals surface area contributed by atoms with E-state index < -0.39 is 10.0 Å². The molecule has 1 aliphatic rings. The van der Waals surface area contributed by atoms with Crippen molar-refractivity contribution in [3.8, 4) is 0 Å². The highest BCUT2D eigenvalue weighted by molar-refractivity contribution is 7.92. The molecule has 0 spiro atoms.